The average Bonchev–Trinajstić information content (AvgIpc) is 2.79. The van der Waals surface area contributed by atoms with Crippen LogP contribution in [-0.2, 0) is 23.1 Å². The zero-order valence-electron chi connectivity index (χ0n) is 11.0. The first-order valence-corrected chi connectivity index (χ1v) is 5.90. The molecule has 0 aromatic carbocycles. The molecule has 0 aliphatic heterocycles. The third-order valence-corrected chi connectivity index (χ3v) is 2.60. The quantitative estimate of drug-likeness (QED) is 0.861. The largest absolute Gasteiger partial charge is 0.375 e. The van der Waals surface area contributed by atoms with Gasteiger partial charge in [0.15, 0.2) is 0 Å². The topological polar surface area (TPSA) is 69.0 Å². The van der Waals surface area contributed by atoms with E-state index < -0.39 is 0 Å². The van der Waals surface area contributed by atoms with Crippen molar-refractivity contribution in [3.63, 3.8) is 0 Å². The number of amides is 1. The van der Waals surface area contributed by atoms with E-state index in [1.807, 2.05) is 31.3 Å². The smallest absolute Gasteiger partial charge is 0.246 e. The highest BCUT2D eigenvalue weighted by atomic mass is 16.5. The van der Waals surface area contributed by atoms with Crippen molar-refractivity contribution < 1.29 is 9.53 Å². The summed E-state index contributed by atoms with van der Waals surface area (Å²) in [6.07, 6.45) is 1.74. The number of hydrogen-bond acceptors (Lipinski definition) is 4. The fourth-order valence-electron chi connectivity index (χ4n) is 1.74. The van der Waals surface area contributed by atoms with E-state index in [1.165, 1.54) is 7.11 Å². The highest BCUT2D eigenvalue weighted by Gasteiger charge is 2.09. The van der Waals surface area contributed by atoms with Crippen LogP contribution in [0, 0.1) is 0 Å². The number of carbonyl (C=O) groups excluding carboxylic acids is 1. The van der Waals surface area contributed by atoms with Gasteiger partial charge in [0.2, 0.25) is 5.91 Å². The Kier molecular flexibility index (Phi) is 4.25. The van der Waals surface area contributed by atoms with Crippen molar-refractivity contribution in [2.24, 2.45) is 7.05 Å². The molecule has 100 valence electrons. The van der Waals surface area contributed by atoms with Crippen LogP contribution in [0.25, 0.3) is 11.4 Å². The first-order valence-electron chi connectivity index (χ1n) is 5.90. The molecule has 0 bridgehead atoms. The van der Waals surface area contributed by atoms with E-state index in [4.69, 9.17) is 4.74 Å². The summed E-state index contributed by atoms with van der Waals surface area (Å²) in [5.41, 5.74) is 2.55. The fourth-order valence-corrected chi connectivity index (χ4v) is 1.74. The van der Waals surface area contributed by atoms with Crippen LogP contribution >= 0.6 is 0 Å². The Labute approximate surface area is 111 Å². The monoisotopic (exact) mass is 260 g/mol. The third kappa shape index (κ3) is 3.38. The normalized spacial score (nSPS) is 10.4. The summed E-state index contributed by atoms with van der Waals surface area (Å²) in [6.45, 7) is 0.433. The minimum absolute atomic E-state index is 0.0555. The molecule has 0 atom stereocenters. The SMILES string of the molecule is COCC(=O)NCc1cc(-c2ccccn2)n(C)n1. The van der Waals surface area contributed by atoms with E-state index in [0.29, 0.717) is 6.54 Å². The zero-order valence-corrected chi connectivity index (χ0v) is 11.0. The first-order chi connectivity index (χ1) is 9.20. The molecule has 2 heterocycles. The van der Waals surface area contributed by atoms with Gasteiger partial charge in [-0.2, -0.15) is 5.10 Å². The highest BCUT2D eigenvalue weighted by molar-refractivity contribution is 5.77. The third-order valence-electron chi connectivity index (χ3n) is 2.60. The number of methoxy groups -OCH3 is 1. The van der Waals surface area contributed by atoms with Crippen LogP contribution in [0.4, 0.5) is 0 Å². The number of nitrogens with one attached hydrogen (secondary N) is 1. The maximum atomic E-state index is 11.3. The second-order valence-corrected chi connectivity index (χ2v) is 4.07. The first kappa shape index (κ1) is 13.2. The van der Waals surface area contributed by atoms with Gasteiger partial charge in [-0.15, -0.1) is 0 Å². The van der Waals surface area contributed by atoms with Crippen molar-refractivity contribution in [1.82, 2.24) is 20.1 Å². The number of pyridine rings is 1. The molecule has 0 radical (unpaired) electrons. The summed E-state index contributed by atoms with van der Waals surface area (Å²) in [4.78, 5) is 15.6. The predicted molar refractivity (Wildman–Crippen MR) is 70.2 cm³/mol. The highest BCUT2D eigenvalue weighted by Crippen LogP contribution is 2.16. The molecule has 2 rings (SSSR count). The molecule has 0 aliphatic rings. The Bertz CT molecular complexity index is 551. The molecule has 0 saturated carbocycles. The van der Waals surface area contributed by atoms with Gasteiger partial charge >= 0.3 is 0 Å². The van der Waals surface area contributed by atoms with Gasteiger partial charge in [-0.25, -0.2) is 0 Å². The predicted octanol–water partition coefficient (Wildman–Crippen LogP) is 0.745. The lowest BCUT2D eigenvalue weighted by Crippen LogP contribution is -2.26. The Morgan fingerprint density at radius 2 is 2.32 bits per heavy atom. The van der Waals surface area contributed by atoms with Crippen LogP contribution in [0.3, 0.4) is 0 Å². The van der Waals surface area contributed by atoms with E-state index in [0.717, 1.165) is 17.1 Å². The maximum Gasteiger partial charge on any atom is 0.246 e. The molecule has 0 unspecified atom stereocenters. The van der Waals surface area contributed by atoms with E-state index in [-0.39, 0.29) is 12.5 Å². The van der Waals surface area contributed by atoms with Crippen LogP contribution in [-0.4, -0.2) is 34.4 Å². The molecule has 0 saturated heterocycles. The number of nitrogens with zero attached hydrogens (tertiary/aromatic N) is 3. The van der Waals surface area contributed by atoms with Crippen molar-refractivity contribution in [2.45, 2.75) is 6.54 Å². The lowest BCUT2D eigenvalue weighted by atomic mass is 10.2. The Morgan fingerprint density at radius 3 is 3.00 bits per heavy atom. The van der Waals surface area contributed by atoms with Crippen molar-refractivity contribution >= 4 is 5.91 Å². The van der Waals surface area contributed by atoms with Crippen LogP contribution < -0.4 is 5.32 Å². The van der Waals surface area contributed by atoms with Gasteiger partial charge in [0.05, 0.1) is 23.6 Å². The van der Waals surface area contributed by atoms with Crippen molar-refractivity contribution in [1.29, 1.82) is 0 Å². The summed E-state index contributed by atoms with van der Waals surface area (Å²) in [5.74, 6) is -0.160. The molecule has 6 heteroatoms. The molecular formula is C13H16N4O2. The van der Waals surface area contributed by atoms with Crippen LogP contribution in [0.5, 0.6) is 0 Å². The lowest BCUT2D eigenvalue weighted by Gasteiger charge is -2.00. The number of ether oxygens (including phenoxy) is 1. The summed E-state index contributed by atoms with van der Waals surface area (Å²) >= 11 is 0. The molecule has 2 aromatic rings. The minimum atomic E-state index is -0.160. The van der Waals surface area contributed by atoms with E-state index in [2.05, 4.69) is 15.4 Å². The molecule has 0 aliphatic carbocycles. The van der Waals surface area contributed by atoms with E-state index in [1.54, 1.807) is 10.9 Å². The van der Waals surface area contributed by atoms with Gasteiger partial charge in [-0.3, -0.25) is 14.5 Å². The Morgan fingerprint density at radius 1 is 1.47 bits per heavy atom. The summed E-state index contributed by atoms with van der Waals surface area (Å²) in [6, 6.07) is 7.63. The molecule has 1 amide bonds. The number of hydrogen-bond donors (Lipinski definition) is 1. The fraction of sp³-hybridized carbons (Fsp3) is 0.308. The number of aryl methyl sites for hydroxylation is 1. The molecule has 1 N–H and O–H groups in total. The average molecular weight is 260 g/mol. The van der Waals surface area contributed by atoms with Crippen LogP contribution in [0.2, 0.25) is 0 Å². The van der Waals surface area contributed by atoms with Crippen molar-refractivity contribution in [3.8, 4) is 11.4 Å². The second-order valence-electron chi connectivity index (χ2n) is 4.07. The van der Waals surface area contributed by atoms with Crippen LogP contribution in [0.15, 0.2) is 30.5 Å². The van der Waals surface area contributed by atoms with Gasteiger partial charge in [0, 0.05) is 20.4 Å². The van der Waals surface area contributed by atoms with Gasteiger partial charge in [0.25, 0.3) is 0 Å². The number of aromatic nitrogens is 3. The Hall–Kier alpha value is -2.21. The van der Waals surface area contributed by atoms with Crippen molar-refractivity contribution in [3.05, 3.63) is 36.2 Å². The second kappa shape index (κ2) is 6.10. The van der Waals surface area contributed by atoms with Gasteiger partial charge < -0.3 is 10.1 Å². The van der Waals surface area contributed by atoms with Gasteiger partial charge in [-0.1, -0.05) is 6.07 Å². The molecule has 19 heavy (non-hydrogen) atoms. The Balaban J connectivity index is 2.07. The molecule has 2 aromatic heterocycles. The van der Waals surface area contributed by atoms with E-state index in [9.17, 15) is 4.79 Å². The standard InChI is InChI=1S/C13H16N4O2/c1-17-12(11-5-3-4-6-14-11)7-10(16-17)8-15-13(18)9-19-2/h3-7H,8-9H2,1-2H3,(H,15,18). The molecule has 6 nitrogen and oxygen atoms in total. The summed E-state index contributed by atoms with van der Waals surface area (Å²) < 4.78 is 6.49. The molecule has 0 spiro atoms. The number of carbonyl (C=O) groups is 1. The summed E-state index contributed by atoms with van der Waals surface area (Å²) in [5, 5.41) is 7.07. The van der Waals surface area contributed by atoms with Gasteiger partial charge in [-0.05, 0) is 18.2 Å². The molecular weight excluding hydrogens is 244 g/mol. The van der Waals surface area contributed by atoms with Crippen molar-refractivity contribution in [2.75, 3.05) is 13.7 Å². The van der Waals surface area contributed by atoms with Crippen LogP contribution in [0.1, 0.15) is 5.69 Å². The maximum absolute atomic E-state index is 11.3. The zero-order chi connectivity index (χ0) is 13.7. The van der Waals surface area contributed by atoms with Gasteiger partial charge in [0.1, 0.15) is 6.61 Å². The summed E-state index contributed by atoms with van der Waals surface area (Å²) in [7, 11) is 3.34. The number of rotatable bonds is 5. The van der Waals surface area contributed by atoms with E-state index >= 15 is 0 Å². The minimum Gasteiger partial charge on any atom is -0.375 e. The molecule has 0 fully saturated rings. The lowest BCUT2D eigenvalue weighted by molar-refractivity contribution is -0.124.